The highest BCUT2D eigenvalue weighted by molar-refractivity contribution is 4.66. The second-order valence-electron chi connectivity index (χ2n) is 6.36. The molecule has 0 aromatic heterocycles. The van der Waals surface area contributed by atoms with Gasteiger partial charge in [0.15, 0.2) is 0 Å². The molecule has 0 saturated carbocycles. The summed E-state index contributed by atoms with van der Waals surface area (Å²) in [6.07, 6.45) is 5.48. The largest absolute Gasteiger partial charge is 0.392 e. The fraction of sp³-hybridized carbons (Fsp3) is 1.00. The molecular weight excluding hydrogens is 264 g/mol. The second-order valence-corrected chi connectivity index (χ2v) is 6.36. The predicted octanol–water partition coefficient (Wildman–Crippen LogP) is 2.34. The number of unbranched alkanes of at least 4 members (excludes halogenated alkanes) is 2. The third-order valence-electron chi connectivity index (χ3n) is 3.65. The minimum absolute atomic E-state index is 0.333. The van der Waals surface area contributed by atoms with Crippen LogP contribution in [0.2, 0.25) is 0 Å². The fourth-order valence-electron chi connectivity index (χ4n) is 2.62. The van der Waals surface area contributed by atoms with Crippen LogP contribution in [-0.4, -0.2) is 71.5 Å². The van der Waals surface area contributed by atoms with Crippen molar-refractivity contribution in [2.45, 2.75) is 72.0 Å². The van der Waals surface area contributed by atoms with E-state index in [4.69, 9.17) is 0 Å². The number of aliphatic hydroxyl groups is 2. The van der Waals surface area contributed by atoms with Gasteiger partial charge < -0.3 is 15.1 Å². The van der Waals surface area contributed by atoms with Crippen molar-refractivity contribution in [2.24, 2.45) is 0 Å². The zero-order chi connectivity index (χ0) is 16.1. The summed E-state index contributed by atoms with van der Waals surface area (Å²) >= 11 is 0. The summed E-state index contributed by atoms with van der Waals surface area (Å²) in [4.78, 5) is 4.74. The second kappa shape index (κ2) is 13.5. The van der Waals surface area contributed by atoms with Crippen molar-refractivity contribution in [3.63, 3.8) is 0 Å². The monoisotopic (exact) mass is 302 g/mol. The Morgan fingerprint density at radius 3 is 1.43 bits per heavy atom. The SMILES string of the molecule is CCCCN(CCCC)CCCN(CC(C)O)CC(C)O. The molecule has 0 rings (SSSR count). The maximum Gasteiger partial charge on any atom is 0.0639 e. The molecule has 2 atom stereocenters. The van der Waals surface area contributed by atoms with Crippen LogP contribution in [0.15, 0.2) is 0 Å². The van der Waals surface area contributed by atoms with Gasteiger partial charge in [-0.25, -0.2) is 0 Å². The van der Waals surface area contributed by atoms with E-state index < -0.39 is 0 Å². The first-order valence-electron chi connectivity index (χ1n) is 8.80. The molecule has 0 aliphatic carbocycles. The molecule has 4 nitrogen and oxygen atoms in total. The van der Waals surface area contributed by atoms with Crippen LogP contribution in [0.1, 0.15) is 59.8 Å². The molecule has 0 bridgehead atoms. The third-order valence-corrected chi connectivity index (χ3v) is 3.65. The van der Waals surface area contributed by atoms with Gasteiger partial charge in [0.2, 0.25) is 0 Å². The molecule has 2 unspecified atom stereocenters. The van der Waals surface area contributed by atoms with Gasteiger partial charge in [0, 0.05) is 13.1 Å². The standard InChI is InChI=1S/C17H38N2O2/c1-5-7-10-18(11-8-6-2)12-9-13-19(14-16(3)20)15-17(4)21/h16-17,20-21H,5-15H2,1-4H3. The van der Waals surface area contributed by atoms with E-state index in [0.29, 0.717) is 13.1 Å². The lowest BCUT2D eigenvalue weighted by Crippen LogP contribution is -2.38. The molecule has 0 fully saturated rings. The quantitative estimate of drug-likeness (QED) is 0.517. The zero-order valence-corrected chi connectivity index (χ0v) is 14.7. The number of aliphatic hydroxyl groups excluding tert-OH is 2. The maximum atomic E-state index is 9.54. The molecule has 0 amide bonds. The average molecular weight is 303 g/mol. The molecule has 0 aromatic carbocycles. The summed E-state index contributed by atoms with van der Waals surface area (Å²) in [5.74, 6) is 0. The van der Waals surface area contributed by atoms with Crippen molar-refractivity contribution >= 4 is 0 Å². The van der Waals surface area contributed by atoms with Crippen LogP contribution in [0.3, 0.4) is 0 Å². The maximum absolute atomic E-state index is 9.54. The Hall–Kier alpha value is -0.160. The van der Waals surface area contributed by atoms with E-state index in [9.17, 15) is 10.2 Å². The van der Waals surface area contributed by atoms with E-state index in [1.54, 1.807) is 0 Å². The lowest BCUT2D eigenvalue weighted by atomic mass is 10.2. The minimum atomic E-state index is -0.333. The Bertz CT molecular complexity index is 205. The van der Waals surface area contributed by atoms with Gasteiger partial charge in [0.25, 0.3) is 0 Å². The lowest BCUT2D eigenvalue weighted by molar-refractivity contribution is 0.0805. The highest BCUT2D eigenvalue weighted by Crippen LogP contribution is 2.03. The van der Waals surface area contributed by atoms with Gasteiger partial charge in [0.05, 0.1) is 12.2 Å². The molecule has 0 aliphatic rings. The lowest BCUT2D eigenvalue weighted by Gasteiger charge is -2.27. The number of rotatable bonds is 14. The molecule has 0 aliphatic heterocycles. The Kier molecular flexibility index (Phi) is 13.4. The highest BCUT2D eigenvalue weighted by Gasteiger charge is 2.11. The van der Waals surface area contributed by atoms with Crippen LogP contribution in [-0.2, 0) is 0 Å². The number of nitrogens with zero attached hydrogens (tertiary/aromatic N) is 2. The molecule has 21 heavy (non-hydrogen) atoms. The molecule has 0 heterocycles. The van der Waals surface area contributed by atoms with Crippen molar-refractivity contribution in [3.8, 4) is 0 Å². The van der Waals surface area contributed by atoms with E-state index in [1.165, 1.54) is 38.8 Å². The molecule has 0 saturated heterocycles. The Morgan fingerprint density at radius 1 is 0.667 bits per heavy atom. The van der Waals surface area contributed by atoms with Gasteiger partial charge >= 0.3 is 0 Å². The van der Waals surface area contributed by atoms with Crippen molar-refractivity contribution in [3.05, 3.63) is 0 Å². The van der Waals surface area contributed by atoms with E-state index in [-0.39, 0.29) is 12.2 Å². The first-order valence-corrected chi connectivity index (χ1v) is 8.80. The molecule has 128 valence electrons. The van der Waals surface area contributed by atoms with E-state index in [0.717, 1.165) is 19.5 Å². The molecule has 0 aromatic rings. The normalized spacial score (nSPS) is 14.9. The van der Waals surface area contributed by atoms with Crippen molar-refractivity contribution in [1.82, 2.24) is 9.80 Å². The van der Waals surface area contributed by atoms with E-state index in [2.05, 4.69) is 23.6 Å². The van der Waals surface area contributed by atoms with Gasteiger partial charge in [-0.05, 0) is 59.3 Å². The fourth-order valence-corrected chi connectivity index (χ4v) is 2.62. The number of hydrogen-bond donors (Lipinski definition) is 2. The van der Waals surface area contributed by atoms with Gasteiger partial charge in [-0.3, -0.25) is 4.90 Å². The summed E-state index contributed by atoms with van der Waals surface area (Å²) in [6, 6.07) is 0. The summed E-state index contributed by atoms with van der Waals surface area (Å²) in [7, 11) is 0. The number of hydrogen-bond acceptors (Lipinski definition) is 4. The first-order chi connectivity index (χ1) is 9.99. The van der Waals surface area contributed by atoms with Crippen LogP contribution >= 0.6 is 0 Å². The van der Waals surface area contributed by atoms with Gasteiger partial charge in [-0.2, -0.15) is 0 Å². The Labute approximate surface area is 132 Å². The zero-order valence-electron chi connectivity index (χ0n) is 14.7. The van der Waals surface area contributed by atoms with Crippen molar-refractivity contribution in [2.75, 3.05) is 39.3 Å². The molecular formula is C17H38N2O2. The van der Waals surface area contributed by atoms with E-state index in [1.807, 2.05) is 13.8 Å². The highest BCUT2D eigenvalue weighted by atomic mass is 16.3. The van der Waals surface area contributed by atoms with Crippen molar-refractivity contribution in [1.29, 1.82) is 0 Å². The Morgan fingerprint density at radius 2 is 1.05 bits per heavy atom. The van der Waals surface area contributed by atoms with Gasteiger partial charge in [-0.1, -0.05) is 26.7 Å². The Balaban J connectivity index is 4.08. The molecule has 0 radical (unpaired) electrons. The van der Waals surface area contributed by atoms with E-state index >= 15 is 0 Å². The average Bonchev–Trinajstić information content (AvgIpc) is 2.39. The van der Waals surface area contributed by atoms with Crippen molar-refractivity contribution < 1.29 is 10.2 Å². The van der Waals surface area contributed by atoms with Gasteiger partial charge in [0.1, 0.15) is 0 Å². The molecule has 0 spiro atoms. The summed E-state index contributed by atoms with van der Waals surface area (Å²) < 4.78 is 0. The van der Waals surface area contributed by atoms with Crippen LogP contribution < -0.4 is 0 Å². The predicted molar refractivity (Wildman–Crippen MR) is 90.7 cm³/mol. The van der Waals surface area contributed by atoms with Crippen LogP contribution in [0, 0.1) is 0 Å². The smallest absolute Gasteiger partial charge is 0.0639 e. The van der Waals surface area contributed by atoms with Gasteiger partial charge in [-0.15, -0.1) is 0 Å². The summed E-state index contributed by atoms with van der Waals surface area (Å²) in [5, 5.41) is 19.1. The van der Waals surface area contributed by atoms with Crippen LogP contribution in [0.4, 0.5) is 0 Å². The summed E-state index contributed by atoms with van der Waals surface area (Å²) in [5.41, 5.74) is 0. The molecule has 2 N–H and O–H groups in total. The molecule has 4 heteroatoms. The van der Waals surface area contributed by atoms with Crippen LogP contribution in [0.25, 0.3) is 0 Å². The van der Waals surface area contributed by atoms with Crippen LogP contribution in [0.5, 0.6) is 0 Å². The first kappa shape index (κ1) is 20.8. The third kappa shape index (κ3) is 13.2. The topological polar surface area (TPSA) is 46.9 Å². The summed E-state index contributed by atoms with van der Waals surface area (Å²) in [6.45, 7) is 13.9. The minimum Gasteiger partial charge on any atom is -0.392 e.